The summed E-state index contributed by atoms with van der Waals surface area (Å²) in [5.74, 6) is -0.133. The lowest BCUT2D eigenvalue weighted by molar-refractivity contribution is -0.143. The summed E-state index contributed by atoms with van der Waals surface area (Å²) in [6.45, 7) is 4.42. The Kier molecular flexibility index (Phi) is 6.82. The quantitative estimate of drug-likeness (QED) is 0.542. The summed E-state index contributed by atoms with van der Waals surface area (Å²) in [4.78, 5) is 10.0. The molecule has 2 heteroatoms. The molecule has 0 aromatic rings. The van der Waals surface area contributed by atoms with E-state index in [9.17, 15) is 9.90 Å². The van der Waals surface area contributed by atoms with Crippen LogP contribution in [0.4, 0.5) is 0 Å². The van der Waals surface area contributed by atoms with E-state index in [0.29, 0.717) is 0 Å². The van der Waals surface area contributed by atoms with Crippen molar-refractivity contribution >= 4 is 5.97 Å². The van der Waals surface area contributed by atoms with Gasteiger partial charge in [-0.3, -0.25) is 0 Å². The van der Waals surface area contributed by atoms with E-state index in [-0.39, 0.29) is 6.42 Å². The van der Waals surface area contributed by atoms with Gasteiger partial charge in [-0.2, -0.15) is 0 Å². The third-order valence-corrected chi connectivity index (χ3v) is 2.27. The van der Waals surface area contributed by atoms with Gasteiger partial charge in [0.15, 0.2) is 0 Å². The number of carbonyl (C=O) groups is 1. The molecule has 0 amide bonds. The van der Waals surface area contributed by atoms with Gasteiger partial charge in [-0.25, -0.2) is 9.90 Å². The third-order valence-electron chi connectivity index (χ3n) is 2.27. The molecule has 0 heterocycles. The Morgan fingerprint density at radius 3 is 2.42 bits per heavy atom. The molecule has 1 radical (unpaired) electrons. The number of rotatable bonds is 7. The second-order valence-corrected chi connectivity index (χ2v) is 3.48. The summed E-state index contributed by atoms with van der Waals surface area (Å²) >= 11 is 0. The Hall–Kier alpha value is -0.530. The monoisotopic (exact) mass is 171 g/mol. The molecule has 0 saturated carbocycles. The zero-order valence-electron chi connectivity index (χ0n) is 8.14. The second-order valence-electron chi connectivity index (χ2n) is 3.48. The van der Waals surface area contributed by atoms with Crippen LogP contribution in [0.1, 0.15) is 52.4 Å². The highest BCUT2D eigenvalue weighted by atomic mass is 16.4. The van der Waals surface area contributed by atoms with E-state index in [0.717, 1.165) is 25.2 Å². The Labute approximate surface area is 75.0 Å². The highest BCUT2D eigenvalue weighted by molar-refractivity contribution is 5.66. The van der Waals surface area contributed by atoms with Crippen molar-refractivity contribution < 1.29 is 9.90 Å². The smallest absolute Gasteiger partial charge is 0.247 e. The summed E-state index contributed by atoms with van der Waals surface area (Å²) in [7, 11) is 0. The lowest BCUT2D eigenvalue weighted by Crippen LogP contribution is -1.94. The van der Waals surface area contributed by atoms with Crippen LogP contribution in [-0.2, 0) is 9.90 Å². The molecule has 0 rings (SSSR count). The first-order valence-electron chi connectivity index (χ1n) is 4.86. The summed E-state index contributed by atoms with van der Waals surface area (Å²) in [6, 6.07) is 0. The van der Waals surface area contributed by atoms with Crippen LogP contribution >= 0.6 is 0 Å². The zero-order valence-corrected chi connectivity index (χ0v) is 8.14. The van der Waals surface area contributed by atoms with Crippen molar-refractivity contribution in [2.24, 2.45) is 5.92 Å². The standard InChI is InChI=1S/C10H19O2/c1-3-9(2)7-5-4-6-8-10(11)12/h9H,3-8H2,1-2H3. The van der Waals surface area contributed by atoms with Gasteiger partial charge < -0.3 is 0 Å². The van der Waals surface area contributed by atoms with E-state index >= 15 is 0 Å². The SMILES string of the molecule is CCC(C)CCCCCC([O])=O. The van der Waals surface area contributed by atoms with Gasteiger partial charge in [0.25, 0.3) is 0 Å². The Bertz CT molecular complexity index is 121. The average molecular weight is 171 g/mol. The molecule has 0 aromatic heterocycles. The van der Waals surface area contributed by atoms with Crippen molar-refractivity contribution in [1.82, 2.24) is 0 Å². The molecule has 0 aromatic carbocycles. The Morgan fingerprint density at radius 1 is 1.25 bits per heavy atom. The molecule has 0 spiro atoms. The molecule has 0 bridgehead atoms. The fraction of sp³-hybridized carbons (Fsp3) is 0.900. The van der Waals surface area contributed by atoms with E-state index in [1.807, 2.05) is 0 Å². The molecule has 12 heavy (non-hydrogen) atoms. The van der Waals surface area contributed by atoms with Crippen molar-refractivity contribution in [3.8, 4) is 0 Å². The first-order chi connectivity index (χ1) is 5.66. The van der Waals surface area contributed by atoms with E-state index in [4.69, 9.17) is 0 Å². The van der Waals surface area contributed by atoms with Crippen molar-refractivity contribution in [3.63, 3.8) is 0 Å². The van der Waals surface area contributed by atoms with E-state index < -0.39 is 5.97 Å². The van der Waals surface area contributed by atoms with Crippen LogP contribution in [0.2, 0.25) is 0 Å². The first-order valence-corrected chi connectivity index (χ1v) is 4.86. The first kappa shape index (κ1) is 11.5. The molecule has 71 valence electrons. The molecule has 2 nitrogen and oxygen atoms in total. The Morgan fingerprint density at radius 2 is 1.92 bits per heavy atom. The van der Waals surface area contributed by atoms with Crippen LogP contribution in [0.3, 0.4) is 0 Å². The van der Waals surface area contributed by atoms with Crippen LogP contribution in [-0.4, -0.2) is 5.97 Å². The number of carbonyl (C=O) groups excluding carboxylic acids is 1. The van der Waals surface area contributed by atoms with E-state index in [1.54, 1.807) is 0 Å². The van der Waals surface area contributed by atoms with Crippen molar-refractivity contribution in [2.75, 3.05) is 0 Å². The topological polar surface area (TPSA) is 37.0 Å². The van der Waals surface area contributed by atoms with Crippen LogP contribution < -0.4 is 0 Å². The average Bonchev–Trinajstić information content (AvgIpc) is 2.03. The molecule has 0 N–H and O–H groups in total. The fourth-order valence-corrected chi connectivity index (χ4v) is 1.14. The summed E-state index contributed by atoms with van der Waals surface area (Å²) in [6.07, 6.45) is 5.63. The maximum atomic E-state index is 10.0. The zero-order chi connectivity index (χ0) is 9.40. The van der Waals surface area contributed by atoms with E-state index in [2.05, 4.69) is 13.8 Å². The predicted molar refractivity (Wildman–Crippen MR) is 48.2 cm³/mol. The largest absolute Gasteiger partial charge is 0.355 e. The fourth-order valence-electron chi connectivity index (χ4n) is 1.14. The molecule has 1 atom stereocenters. The third kappa shape index (κ3) is 7.58. The minimum Gasteiger partial charge on any atom is -0.247 e. The number of unbranched alkanes of at least 4 members (excludes halogenated alkanes) is 2. The number of hydrogen-bond acceptors (Lipinski definition) is 1. The minimum absolute atomic E-state index is 0.223. The van der Waals surface area contributed by atoms with Gasteiger partial charge >= 0.3 is 5.97 Å². The molecular formula is C10H19O2. The maximum absolute atomic E-state index is 10.0. The van der Waals surface area contributed by atoms with Gasteiger partial charge in [-0.1, -0.05) is 39.5 Å². The molecule has 0 saturated heterocycles. The van der Waals surface area contributed by atoms with Crippen LogP contribution in [0.15, 0.2) is 0 Å². The second kappa shape index (κ2) is 7.14. The van der Waals surface area contributed by atoms with Crippen LogP contribution in [0.25, 0.3) is 0 Å². The van der Waals surface area contributed by atoms with Crippen molar-refractivity contribution in [3.05, 3.63) is 0 Å². The minimum atomic E-state index is -0.918. The van der Waals surface area contributed by atoms with Crippen molar-refractivity contribution in [1.29, 1.82) is 0 Å². The normalized spacial score (nSPS) is 12.8. The molecular weight excluding hydrogens is 152 g/mol. The molecule has 0 aliphatic rings. The number of hydrogen-bond donors (Lipinski definition) is 0. The van der Waals surface area contributed by atoms with Crippen LogP contribution in [0, 0.1) is 5.92 Å². The van der Waals surface area contributed by atoms with Gasteiger partial charge in [0.05, 0.1) is 6.42 Å². The van der Waals surface area contributed by atoms with Gasteiger partial charge in [0.2, 0.25) is 0 Å². The molecule has 0 fully saturated rings. The predicted octanol–water partition coefficient (Wildman–Crippen LogP) is 2.94. The molecule has 0 aliphatic carbocycles. The van der Waals surface area contributed by atoms with Gasteiger partial charge in [-0.05, 0) is 12.3 Å². The summed E-state index contributed by atoms with van der Waals surface area (Å²) < 4.78 is 0. The lowest BCUT2D eigenvalue weighted by atomic mass is 10.0. The highest BCUT2D eigenvalue weighted by Gasteiger charge is 2.00. The van der Waals surface area contributed by atoms with Crippen LogP contribution in [0.5, 0.6) is 0 Å². The summed E-state index contributed by atoms with van der Waals surface area (Å²) in [5, 5.41) is 10.0. The lowest BCUT2D eigenvalue weighted by Gasteiger charge is -2.06. The molecule has 1 unspecified atom stereocenters. The highest BCUT2D eigenvalue weighted by Crippen LogP contribution is 2.12. The maximum Gasteiger partial charge on any atom is 0.355 e. The van der Waals surface area contributed by atoms with Gasteiger partial charge in [0, 0.05) is 0 Å². The summed E-state index contributed by atoms with van der Waals surface area (Å²) in [5.41, 5.74) is 0. The Balaban J connectivity index is 3.05. The van der Waals surface area contributed by atoms with E-state index in [1.165, 1.54) is 12.8 Å². The van der Waals surface area contributed by atoms with Gasteiger partial charge in [-0.15, -0.1) is 0 Å². The van der Waals surface area contributed by atoms with Crippen molar-refractivity contribution in [2.45, 2.75) is 52.4 Å². The molecule has 0 aliphatic heterocycles. The van der Waals surface area contributed by atoms with Gasteiger partial charge in [0.1, 0.15) is 0 Å².